The van der Waals surface area contributed by atoms with Crippen LogP contribution in [0.25, 0.3) is 0 Å². The fourth-order valence-corrected chi connectivity index (χ4v) is 7.57. The molecule has 3 aliphatic carbocycles. The van der Waals surface area contributed by atoms with E-state index >= 15 is 0 Å². The molecule has 1 aromatic heterocycles. The average Bonchev–Trinajstić information content (AvgIpc) is 3.43. The highest BCUT2D eigenvalue weighted by Crippen LogP contribution is 2.70. The second-order valence-corrected chi connectivity index (χ2v) is 11.4. The first-order valence-corrected chi connectivity index (χ1v) is 13.1. The van der Waals surface area contributed by atoms with E-state index in [1.807, 2.05) is 13.0 Å². The molecule has 6 rings (SSSR count). The number of cyclic esters (lactones) is 1. The van der Waals surface area contributed by atoms with E-state index in [1.165, 1.54) is 12.5 Å². The summed E-state index contributed by atoms with van der Waals surface area (Å²) in [5, 5.41) is 2.42. The molecule has 0 radical (unpaired) electrons. The number of Topliss-reactive ketones (excluding diaryl/α,β-unsaturated/α-hetero) is 1. The number of allylic oxidation sites excluding steroid dienone is 2. The van der Waals surface area contributed by atoms with Crippen LogP contribution in [0, 0.1) is 28.6 Å². The van der Waals surface area contributed by atoms with E-state index < -0.39 is 52.7 Å². The molecule has 1 amide bonds. The monoisotopic (exact) mass is 559 g/mol. The lowest BCUT2D eigenvalue weighted by molar-refractivity contribution is -0.205. The largest absolute Gasteiger partial charge is 0.501 e. The second kappa shape index (κ2) is 9.14. The number of alkyl halides is 3. The molecule has 8 nitrogen and oxygen atoms in total. The Balaban J connectivity index is 1.27. The fraction of sp³-hybridized carbons (Fsp3) is 0.483. The number of carbonyl (C=O) groups is 3. The molecule has 4 aliphatic rings. The van der Waals surface area contributed by atoms with Gasteiger partial charge in [-0.2, -0.15) is 13.2 Å². The lowest BCUT2D eigenvalue weighted by Gasteiger charge is -2.64. The van der Waals surface area contributed by atoms with Crippen LogP contribution in [0.1, 0.15) is 49.8 Å². The molecule has 2 aromatic rings. The molecule has 1 N–H and O–H groups in total. The molecule has 212 valence electrons. The number of fused-ring (bicyclic) bond motifs is 2. The SMILES string of the molecule is COC1=C[C@@]23CC[C@H]4C(=O)O[C@H](c5ccoc5)C[C@]4(C)[C@H]2C(=O)[C@@H](OC(=O)Nc2ccc(C(F)(F)F)cc2)C[C@@H]13. The molecule has 0 bridgehead atoms. The Morgan fingerprint density at radius 3 is 2.52 bits per heavy atom. The van der Waals surface area contributed by atoms with Gasteiger partial charge in [0.05, 0.1) is 36.9 Å². The maximum Gasteiger partial charge on any atom is 0.416 e. The zero-order chi connectivity index (χ0) is 28.4. The Morgan fingerprint density at radius 2 is 1.88 bits per heavy atom. The van der Waals surface area contributed by atoms with Gasteiger partial charge >= 0.3 is 18.2 Å². The van der Waals surface area contributed by atoms with Gasteiger partial charge in [0, 0.05) is 34.9 Å². The standard InChI is InChI=1S/C29H28F3NO7/c1-27-12-21(15-8-10-38-14-15)39-25(35)18(27)7-9-28-13-22(37-2)19(28)11-20(23(34)24(27)28)40-26(36)33-17-5-3-16(4-6-17)29(30,31)32/h3-6,8,10,13-14,18-21,24H,7,9,11-12H2,1-2H3,(H,33,36)/t18-,19-,20-,21-,24+,27-,28+/m0/s1. The van der Waals surface area contributed by atoms with Crippen molar-refractivity contribution in [3.05, 3.63) is 65.8 Å². The van der Waals surface area contributed by atoms with Crippen LogP contribution in [0.5, 0.6) is 0 Å². The average molecular weight is 560 g/mol. The van der Waals surface area contributed by atoms with Gasteiger partial charge in [0.25, 0.3) is 0 Å². The summed E-state index contributed by atoms with van der Waals surface area (Å²) in [6.07, 6.45) is -0.390. The van der Waals surface area contributed by atoms with E-state index in [9.17, 15) is 27.6 Å². The molecule has 1 saturated heterocycles. The minimum absolute atomic E-state index is 0.0967. The van der Waals surface area contributed by atoms with Gasteiger partial charge < -0.3 is 18.6 Å². The third kappa shape index (κ3) is 4.00. The zero-order valence-electron chi connectivity index (χ0n) is 21.8. The van der Waals surface area contributed by atoms with E-state index in [1.54, 1.807) is 13.2 Å². The maximum absolute atomic E-state index is 14.2. The molecule has 2 saturated carbocycles. The molecule has 3 fully saturated rings. The van der Waals surface area contributed by atoms with Gasteiger partial charge in [-0.05, 0) is 61.1 Å². The van der Waals surface area contributed by atoms with Crippen molar-refractivity contribution in [2.45, 2.75) is 51.0 Å². The first-order chi connectivity index (χ1) is 19.0. The minimum Gasteiger partial charge on any atom is -0.501 e. The zero-order valence-corrected chi connectivity index (χ0v) is 21.8. The predicted molar refractivity (Wildman–Crippen MR) is 132 cm³/mol. The summed E-state index contributed by atoms with van der Waals surface area (Å²) in [7, 11) is 1.55. The van der Waals surface area contributed by atoms with Crippen molar-refractivity contribution >= 4 is 23.5 Å². The van der Waals surface area contributed by atoms with Crippen molar-refractivity contribution in [3.8, 4) is 0 Å². The van der Waals surface area contributed by atoms with Crippen LogP contribution in [-0.2, 0) is 30.0 Å². The number of furan rings is 1. The Bertz CT molecular complexity index is 1370. The highest BCUT2D eigenvalue weighted by molar-refractivity contribution is 5.94. The van der Waals surface area contributed by atoms with Crippen LogP contribution in [0.4, 0.5) is 23.7 Å². The first-order valence-electron chi connectivity index (χ1n) is 13.1. The summed E-state index contributed by atoms with van der Waals surface area (Å²) in [6.45, 7) is 1.94. The number of amides is 1. The number of ether oxygens (including phenoxy) is 3. The molecule has 11 heteroatoms. The number of carbonyl (C=O) groups excluding carboxylic acids is 3. The van der Waals surface area contributed by atoms with Crippen LogP contribution >= 0.6 is 0 Å². The number of hydrogen-bond acceptors (Lipinski definition) is 7. The van der Waals surface area contributed by atoms with Gasteiger partial charge in [0.1, 0.15) is 6.10 Å². The van der Waals surface area contributed by atoms with Crippen LogP contribution < -0.4 is 5.32 Å². The fourth-order valence-electron chi connectivity index (χ4n) is 7.57. The topological polar surface area (TPSA) is 104 Å². The number of esters is 1. The molecule has 7 atom stereocenters. The van der Waals surface area contributed by atoms with E-state index in [0.29, 0.717) is 30.6 Å². The second-order valence-electron chi connectivity index (χ2n) is 11.4. The van der Waals surface area contributed by atoms with Gasteiger partial charge in [0.15, 0.2) is 11.9 Å². The smallest absolute Gasteiger partial charge is 0.416 e. The predicted octanol–water partition coefficient (Wildman–Crippen LogP) is 6.06. The lowest BCUT2D eigenvalue weighted by Crippen LogP contribution is -2.66. The van der Waals surface area contributed by atoms with Crippen molar-refractivity contribution in [1.29, 1.82) is 0 Å². The minimum atomic E-state index is -4.51. The quantitative estimate of drug-likeness (QED) is 0.455. The number of rotatable bonds is 4. The summed E-state index contributed by atoms with van der Waals surface area (Å²) >= 11 is 0. The molecule has 1 spiro atoms. The third-order valence-corrected chi connectivity index (χ3v) is 9.34. The first kappa shape index (κ1) is 26.5. The Labute approximate surface area is 227 Å². The normalized spacial score (nSPS) is 34.7. The van der Waals surface area contributed by atoms with Crippen LogP contribution in [-0.4, -0.2) is 31.1 Å². The highest BCUT2D eigenvalue weighted by Gasteiger charge is 2.70. The molecule has 1 aliphatic heterocycles. The lowest BCUT2D eigenvalue weighted by atomic mass is 9.39. The van der Waals surface area contributed by atoms with Crippen LogP contribution in [0.15, 0.2) is 59.1 Å². The number of ketones is 1. The summed E-state index contributed by atoms with van der Waals surface area (Å²) in [4.78, 5) is 40.2. The number of hydrogen-bond donors (Lipinski definition) is 1. The maximum atomic E-state index is 14.2. The van der Waals surface area contributed by atoms with E-state index in [2.05, 4.69) is 5.32 Å². The van der Waals surface area contributed by atoms with Crippen LogP contribution in [0.2, 0.25) is 0 Å². The Hall–Kier alpha value is -3.76. The number of benzene rings is 1. The van der Waals surface area contributed by atoms with Gasteiger partial charge in [-0.3, -0.25) is 14.9 Å². The van der Waals surface area contributed by atoms with Crippen molar-refractivity contribution in [1.82, 2.24) is 0 Å². The number of halogens is 3. The van der Waals surface area contributed by atoms with Crippen molar-refractivity contribution in [3.63, 3.8) is 0 Å². The summed E-state index contributed by atoms with van der Waals surface area (Å²) < 4.78 is 60.8. The van der Waals surface area contributed by atoms with Crippen molar-refractivity contribution in [2.75, 3.05) is 12.4 Å². The molecular formula is C29H28F3NO7. The van der Waals surface area contributed by atoms with Crippen molar-refractivity contribution in [2.24, 2.45) is 28.6 Å². The van der Waals surface area contributed by atoms with E-state index in [-0.39, 0.29) is 29.8 Å². The molecule has 1 aromatic carbocycles. The number of nitrogens with one attached hydrogen (secondary N) is 1. The summed E-state index contributed by atoms with van der Waals surface area (Å²) in [6, 6.07) is 5.66. The Morgan fingerprint density at radius 1 is 1.12 bits per heavy atom. The Kier molecular flexibility index (Phi) is 6.05. The van der Waals surface area contributed by atoms with E-state index in [0.717, 1.165) is 24.3 Å². The van der Waals surface area contributed by atoms with Crippen molar-refractivity contribution < 1.29 is 46.2 Å². The molecular weight excluding hydrogens is 531 g/mol. The number of methoxy groups -OCH3 is 1. The highest BCUT2D eigenvalue weighted by atomic mass is 19.4. The summed E-state index contributed by atoms with van der Waals surface area (Å²) in [5.74, 6) is -1.26. The van der Waals surface area contributed by atoms with Gasteiger partial charge in [0.2, 0.25) is 0 Å². The van der Waals surface area contributed by atoms with Gasteiger partial charge in [-0.15, -0.1) is 0 Å². The summed E-state index contributed by atoms with van der Waals surface area (Å²) in [5.41, 5.74) is -1.37. The molecule has 40 heavy (non-hydrogen) atoms. The third-order valence-electron chi connectivity index (χ3n) is 9.34. The van der Waals surface area contributed by atoms with E-state index in [4.69, 9.17) is 18.6 Å². The van der Waals surface area contributed by atoms with Crippen LogP contribution in [0.3, 0.4) is 0 Å². The van der Waals surface area contributed by atoms with Gasteiger partial charge in [-0.1, -0.05) is 6.92 Å². The molecule has 2 heterocycles. The number of anilines is 1. The van der Waals surface area contributed by atoms with Gasteiger partial charge in [-0.25, -0.2) is 4.79 Å². The molecule has 0 unspecified atom stereocenters.